The summed E-state index contributed by atoms with van der Waals surface area (Å²) >= 11 is 0. The van der Waals surface area contributed by atoms with Crippen LogP contribution in [0, 0.1) is 5.92 Å². The van der Waals surface area contributed by atoms with Crippen molar-refractivity contribution in [1.82, 2.24) is 15.1 Å². The molecule has 2 heterocycles. The van der Waals surface area contributed by atoms with Crippen LogP contribution in [0.4, 0.5) is 0 Å². The number of carbonyl (C=O) groups is 1. The van der Waals surface area contributed by atoms with Crippen LogP contribution in [0.1, 0.15) is 25.7 Å². The number of rotatable bonds is 6. The standard InChI is InChI=1S/C18H23N3O4/c1-3-24-18(22)14-5-4-10-21(11-14)12-16-19-20-17(25-16)13-6-8-15(23-2)9-7-13/h6-9,14H,3-5,10-12H2,1-2H3/t14-/m0/s1. The molecule has 0 bridgehead atoms. The van der Waals surface area contributed by atoms with Gasteiger partial charge in [0, 0.05) is 12.1 Å². The van der Waals surface area contributed by atoms with E-state index in [-0.39, 0.29) is 11.9 Å². The summed E-state index contributed by atoms with van der Waals surface area (Å²) < 4.78 is 16.0. The number of aromatic nitrogens is 2. The second-order valence-electron chi connectivity index (χ2n) is 6.06. The van der Waals surface area contributed by atoms with Gasteiger partial charge in [0.15, 0.2) is 0 Å². The summed E-state index contributed by atoms with van der Waals surface area (Å²) in [5.41, 5.74) is 0.850. The number of hydrogen-bond donors (Lipinski definition) is 0. The number of esters is 1. The fourth-order valence-electron chi connectivity index (χ4n) is 3.01. The average molecular weight is 345 g/mol. The lowest BCUT2D eigenvalue weighted by Gasteiger charge is -2.30. The number of methoxy groups -OCH3 is 1. The molecule has 0 aliphatic carbocycles. The van der Waals surface area contributed by atoms with Gasteiger partial charge < -0.3 is 13.9 Å². The first kappa shape index (κ1) is 17.4. The van der Waals surface area contributed by atoms with Crippen molar-refractivity contribution in [3.05, 3.63) is 30.2 Å². The van der Waals surface area contributed by atoms with Gasteiger partial charge in [0.05, 0.1) is 26.2 Å². The van der Waals surface area contributed by atoms with Gasteiger partial charge in [-0.2, -0.15) is 0 Å². The minimum Gasteiger partial charge on any atom is -0.497 e. The van der Waals surface area contributed by atoms with Gasteiger partial charge in [-0.25, -0.2) is 0 Å². The Balaban J connectivity index is 1.61. The van der Waals surface area contributed by atoms with Gasteiger partial charge in [0.1, 0.15) is 5.75 Å². The fourth-order valence-corrected chi connectivity index (χ4v) is 3.01. The van der Waals surface area contributed by atoms with E-state index in [1.54, 1.807) is 7.11 Å². The molecule has 0 unspecified atom stereocenters. The van der Waals surface area contributed by atoms with Crippen molar-refractivity contribution >= 4 is 5.97 Å². The van der Waals surface area contributed by atoms with Gasteiger partial charge in [-0.1, -0.05) is 0 Å². The fraction of sp³-hybridized carbons (Fsp3) is 0.500. The Morgan fingerprint density at radius 3 is 2.84 bits per heavy atom. The lowest BCUT2D eigenvalue weighted by Crippen LogP contribution is -2.39. The number of likely N-dealkylation sites (tertiary alicyclic amines) is 1. The van der Waals surface area contributed by atoms with Crippen LogP contribution in [0.15, 0.2) is 28.7 Å². The lowest BCUT2D eigenvalue weighted by molar-refractivity contribution is -0.150. The molecule has 7 nitrogen and oxygen atoms in total. The van der Waals surface area contributed by atoms with Crippen molar-refractivity contribution in [3.8, 4) is 17.2 Å². The van der Waals surface area contributed by atoms with E-state index < -0.39 is 0 Å². The number of nitrogens with zero attached hydrogens (tertiary/aromatic N) is 3. The first-order valence-corrected chi connectivity index (χ1v) is 8.55. The van der Waals surface area contributed by atoms with E-state index in [2.05, 4.69) is 15.1 Å². The highest BCUT2D eigenvalue weighted by atomic mass is 16.5. The first-order chi connectivity index (χ1) is 12.2. The van der Waals surface area contributed by atoms with Crippen LogP contribution >= 0.6 is 0 Å². The summed E-state index contributed by atoms with van der Waals surface area (Å²) in [5.74, 6) is 1.63. The van der Waals surface area contributed by atoms with Crippen molar-refractivity contribution in [3.63, 3.8) is 0 Å². The molecule has 0 N–H and O–H groups in total. The Labute approximate surface area is 146 Å². The van der Waals surface area contributed by atoms with E-state index >= 15 is 0 Å². The molecule has 0 radical (unpaired) electrons. The van der Waals surface area contributed by atoms with Gasteiger partial charge >= 0.3 is 5.97 Å². The monoisotopic (exact) mass is 345 g/mol. The van der Waals surface area contributed by atoms with Crippen LogP contribution in [-0.2, 0) is 16.1 Å². The van der Waals surface area contributed by atoms with Crippen molar-refractivity contribution in [2.45, 2.75) is 26.3 Å². The molecule has 3 rings (SSSR count). The van der Waals surface area contributed by atoms with Crippen molar-refractivity contribution in [2.75, 3.05) is 26.8 Å². The van der Waals surface area contributed by atoms with E-state index in [1.807, 2.05) is 31.2 Å². The number of benzene rings is 1. The molecule has 1 aliphatic rings. The summed E-state index contributed by atoms with van der Waals surface area (Å²) in [7, 11) is 1.63. The summed E-state index contributed by atoms with van der Waals surface area (Å²) in [6, 6.07) is 7.48. The Kier molecular flexibility index (Phi) is 5.65. The summed E-state index contributed by atoms with van der Waals surface area (Å²) in [5, 5.41) is 8.24. The van der Waals surface area contributed by atoms with Crippen molar-refractivity contribution in [1.29, 1.82) is 0 Å². The highest BCUT2D eigenvalue weighted by molar-refractivity contribution is 5.72. The summed E-state index contributed by atoms with van der Waals surface area (Å²) in [4.78, 5) is 14.1. The molecule has 0 saturated carbocycles. The number of ether oxygens (including phenoxy) is 2. The molecular formula is C18H23N3O4. The maximum atomic E-state index is 11.9. The minimum absolute atomic E-state index is 0.0716. The van der Waals surface area contributed by atoms with E-state index in [0.717, 1.165) is 30.7 Å². The number of hydrogen-bond acceptors (Lipinski definition) is 7. The quantitative estimate of drug-likeness (QED) is 0.744. The highest BCUT2D eigenvalue weighted by Gasteiger charge is 2.27. The maximum absolute atomic E-state index is 11.9. The Morgan fingerprint density at radius 2 is 2.12 bits per heavy atom. The van der Waals surface area contributed by atoms with Crippen molar-refractivity contribution in [2.24, 2.45) is 5.92 Å². The third-order valence-corrected chi connectivity index (χ3v) is 4.29. The lowest BCUT2D eigenvalue weighted by atomic mass is 9.98. The van der Waals surface area contributed by atoms with Crippen LogP contribution in [0.3, 0.4) is 0 Å². The molecule has 1 aliphatic heterocycles. The molecule has 25 heavy (non-hydrogen) atoms. The second kappa shape index (κ2) is 8.11. The highest BCUT2D eigenvalue weighted by Crippen LogP contribution is 2.23. The van der Waals surface area contributed by atoms with E-state index in [1.165, 1.54) is 0 Å². The molecule has 0 amide bonds. The summed E-state index contributed by atoms with van der Waals surface area (Å²) in [6.07, 6.45) is 1.83. The zero-order valence-electron chi connectivity index (χ0n) is 14.6. The molecule has 0 spiro atoms. The third kappa shape index (κ3) is 4.36. The van der Waals surface area contributed by atoms with E-state index in [9.17, 15) is 4.79 Å². The largest absolute Gasteiger partial charge is 0.497 e. The SMILES string of the molecule is CCOC(=O)[C@H]1CCCN(Cc2nnc(-c3ccc(OC)cc3)o2)C1. The van der Waals surface area contributed by atoms with Gasteiger partial charge in [0.25, 0.3) is 0 Å². The molecule has 1 atom stereocenters. The number of carbonyl (C=O) groups excluding carboxylic acids is 1. The van der Waals surface area contributed by atoms with Crippen LogP contribution < -0.4 is 4.74 Å². The van der Waals surface area contributed by atoms with E-state index in [0.29, 0.717) is 31.5 Å². The predicted octanol–water partition coefficient (Wildman–Crippen LogP) is 2.52. The topological polar surface area (TPSA) is 77.7 Å². The molecule has 2 aromatic rings. The van der Waals surface area contributed by atoms with Gasteiger partial charge in [0.2, 0.25) is 11.8 Å². The van der Waals surface area contributed by atoms with Crippen LogP contribution in [0.5, 0.6) is 5.75 Å². The second-order valence-corrected chi connectivity index (χ2v) is 6.06. The number of piperidine rings is 1. The Hall–Kier alpha value is -2.41. The average Bonchev–Trinajstić information content (AvgIpc) is 3.10. The van der Waals surface area contributed by atoms with Gasteiger partial charge in [-0.15, -0.1) is 10.2 Å². The molecule has 1 fully saturated rings. The van der Waals surface area contributed by atoms with Gasteiger partial charge in [-0.05, 0) is 50.6 Å². The zero-order chi connectivity index (χ0) is 17.6. The molecule has 1 aromatic carbocycles. The Bertz CT molecular complexity index is 699. The molecule has 1 saturated heterocycles. The zero-order valence-corrected chi connectivity index (χ0v) is 14.6. The molecule has 134 valence electrons. The predicted molar refractivity (Wildman–Crippen MR) is 90.9 cm³/mol. The van der Waals surface area contributed by atoms with Crippen LogP contribution in [0.25, 0.3) is 11.5 Å². The summed E-state index contributed by atoms with van der Waals surface area (Å²) in [6.45, 7) is 4.37. The molecular weight excluding hydrogens is 322 g/mol. The van der Waals surface area contributed by atoms with Gasteiger partial charge in [-0.3, -0.25) is 9.69 Å². The molecule has 7 heteroatoms. The smallest absolute Gasteiger partial charge is 0.310 e. The van der Waals surface area contributed by atoms with Crippen LogP contribution in [-0.4, -0.2) is 47.9 Å². The van der Waals surface area contributed by atoms with Crippen molar-refractivity contribution < 1.29 is 18.7 Å². The molecule has 1 aromatic heterocycles. The van der Waals surface area contributed by atoms with E-state index in [4.69, 9.17) is 13.9 Å². The first-order valence-electron chi connectivity index (χ1n) is 8.55. The normalized spacial score (nSPS) is 18.1. The van der Waals surface area contributed by atoms with Crippen LogP contribution in [0.2, 0.25) is 0 Å². The third-order valence-electron chi connectivity index (χ3n) is 4.29. The minimum atomic E-state index is -0.114. The Morgan fingerprint density at radius 1 is 1.32 bits per heavy atom. The maximum Gasteiger partial charge on any atom is 0.310 e.